The topological polar surface area (TPSA) is 44.8 Å². The van der Waals surface area contributed by atoms with Gasteiger partial charge in [-0.3, -0.25) is 9.69 Å². The maximum Gasteiger partial charge on any atom is 0.234 e. The van der Waals surface area contributed by atoms with Crippen LogP contribution in [0.3, 0.4) is 0 Å². The molecule has 0 aromatic carbocycles. The summed E-state index contributed by atoms with van der Waals surface area (Å²) in [7, 11) is 4.09. The molecule has 1 fully saturated rings. The number of hydrogen-bond donors (Lipinski definition) is 1. The number of hydrogen-bond acceptors (Lipinski definition) is 5. The highest BCUT2D eigenvalue weighted by Crippen LogP contribution is 2.25. The zero-order chi connectivity index (χ0) is 16.8. The third-order valence-corrected chi connectivity index (χ3v) is 4.95. The number of likely N-dealkylation sites (N-methyl/N-ethyl adjacent to an activating group) is 1. The molecule has 6 heteroatoms. The maximum absolute atomic E-state index is 12.5. The van der Waals surface area contributed by atoms with E-state index in [0.717, 1.165) is 19.6 Å². The average Bonchev–Trinajstić information content (AvgIpc) is 2.98. The molecule has 1 aromatic rings. The third kappa shape index (κ3) is 5.88. The van der Waals surface area contributed by atoms with E-state index < -0.39 is 0 Å². The molecule has 0 spiro atoms. The Balaban J connectivity index is 1.85. The SMILES string of the molecule is CC(C)[C@H](NC(=O)CN1CCO[C@H](CN(C)C)C1)c1cccs1. The fourth-order valence-corrected chi connectivity index (χ4v) is 3.85. The van der Waals surface area contributed by atoms with Crippen LogP contribution in [0.5, 0.6) is 0 Å². The predicted molar refractivity (Wildman–Crippen MR) is 94.8 cm³/mol. The first kappa shape index (κ1) is 18.4. The van der Waals surface area contributed by atoms with Crippen LogP contribution in [0.1, 0.15) is 24.8 Å². The number of carbonyl (C=O) groups is 1. The molecule has 2 atom stereocenters. The summed E-state index contributed by atoms with van der Waals surface area (Å²) >= 11 is 1.70. The summed E-state index contributed by atoms with van der Waals surface area (Å²) in [5.74, 6) is 0.478. The van der Waals surface area contributed by atoms with E-state index in [-0.39, 0.29) is 18.1 Å². The number of carbonyl (C=O) groups excluding carboxylic acids is 1. The Labute approximate surface area is 143 Å². The molecule has 0 bridgehead atoms. The smallest absolute Gasteiger partial charge is 0.234 e. The molecule has 0 aliphatic carbocycles. The minimum Gasteiger partial charge on any atom is -0.374 e. The van der Waals surface area contributed by atoms with Crippen molar-refractivity contribution in [2.75, 3.05) is 46.9 Å². The van der Waals surface area contributed by atoms with Gasteiger partial charge in [-0.2, -0.15) is 0 Å². The molecule has 1 amide bonds. The number of morpholine rings is 1. The Kier molecular flexibility index (Phi) is 7.02. The molecule has 1 aliphatic heterocycles. The lowest BCUT2D eigenvalue weighted by atomic mass is 10.0. The second-order valence-electron chi connectivity index (χ2n) is 6.79. The molecule has 23 heavy (non-hydrogen) atoms. The normalized spacial score (nSPS) is 20.9. The van der Waals surface area contributed by atoms with Crippen molar-refractivity contribution in [1.29, 1.82) is 0 Å². The monoisotopic (exact) mass is 339 g/mol. The molecule has 1 saturated heterocycles. The second kappa shape index (κ2) is 8.78. The van der Waals surface area contributed by atoms with Crippen molar-refractivity contribution in [3.05, 3.63) is 22.4 Å². The van der Waals surface area contributed by atoms with E-state index in [0.29, 0.717) is 19.1 Å². The highest BCUT2D eigenvalue weighted by molar-refractivity contribution is 7.10. The van der Waals surface area contributed by atoms with Crippen LogP contribution in [0, 0.1) is 5.92 Å². The molecule has 0 saturated carbocycles. The van der Waals surface area contributed by atoms with Gasteiger partial charge in [-0.1, -0.05) is 19.9 Å². The minimum absolute atomic E-state index is 0.0983. The van der Waals surface area contributed by atoms with Crippen molar-refractivity contribution < 1.29 is 9.53 Å². The Morgan fingerprint density at radius 3 is 2.91 bits per heavy atom. The van der Waals surface area contributed by atoms with Gasteiger partial charge in [0.15, 0.2) is 0 Å². The fourth-order valence-electron chi connectivity index (χ4n) is 2.90. The van der Waals surface area contributed by atoms with E-state index >= 15 is 0 Å². The lowest BCUT2D eigenvalue weighted by Gasteiger charge is -2.34. The molecule has 5 nitrogen and oxygen atoms in total. The van der Waals surface area contributed by atoms with Gasteiger partial charge in [0.1, 0.15) is 0 Å². The number of amides is 1. The second-order valence-corrected chi connectivity index (χ2v) is 7.77. The van der Waals surface area contributed by atoms with Crippen LogP contribution in [0.4, 0.5) is 0 Å². The quantitative estimate of drug-likeness (QED) is 0.823. The molecule has 1 aliphatic rings. The number of rotatable bonds is 7. The van der Waals surface area contributed by atoms with E-state index in [2.05, 4.69) is 40.4 Å². The number of thiophene rings is 1. The van der Waals surface area contributed by atoms with E-state index in [1.807, 2.05) is 20.2 Å². The zero-order valence-corrected chi connectivity index (χ0v) is 15.4. The Morgan fingerprint density at radius 2 is 2.30 bits per heavy atom. The lowest BCUT2D eigenvalue weighted by molar-refractivity contribution is -0.125. The molecule has 2 rings (SSSR count). The van der Waals surface area contributed by atoms with Gasteiger partial charge in [0.2, 0.25) is 5.91 Å². The van der Waals surface area contributed by atoms with Crippen molar-refractivity contribution in [1.82, 2.24) is 15.1 Å². The maximum atomic E-state index is 12.5. The molecular weight excluding hydrogens is 310 g/mol. The zero-order valence-electron chi connectivity index (χ0n) is 14.6. The largest absolute Gasteiger partial charge is 0.374 e. The van der Waals surface area contributed by atoms with Gasteiger partial charge < -0.3 is 15.0 Å². The van der Waals surface area contributed by atoms with E-state index in [1.165, 1.54) is 4.88 Å². The molecule has 130 valence electrons. The van der Waals surface area contributed by atoms with Gasteiger partial charge in [-0.25, -0.2) is 0 Å². The molecular formula is C17H29N3O2S. The summed E-state index contributed by atoms with van der Waals surface area (Å²) in [4.78, 5) is 18.0. The first-order valence-electron chi connectivity index (χ1n) is 8.27. The van der Waals surface area contributed by atoms with Gasteiger partial charge in [0.05, 0.1) is 25.3 Å². The van der Waals surface area contributed by atoms with Crippen LogP contribution in [-0.2, 0) is 9.53 Å². The van der Waals surface area contributed by atoms with Crippen molar-refractivity contribution in [3.63, 3.8) is 0 Å². The average molecular weight is 340 g/mol. The first-order chi connectivity index (χ1) is 11.0. The van der Waals surface area contributed by atoms with Crippen LogP contribution in [0.2, 0.25) is 0 Å². The predicted octanol–water partition coefficient (Wildman–Crippen LogP) is 1.82. The number of nitrogens with zero attached hydrogens (tertiary/aromatic N) is 2. The van der Waals surface area contributed by atoms with Crippen LogP contribution in [0.15, 0.2) is 17.5 Å². The number of ether oxygens (including phenoxy) is 1. The highest BCUT2D eigenvalue weighted by atomic mass is 32.1. The third-order valence-electron chi connectivity index (χ3n) is 3.99. The molecule has 2 heterocycles. The van der Waals surface area contributed by atoms with Crippen LogP contribution < -0.4 is 5.32 Å². The van der Waals surface area contributed by atoms with Gasteiger partial charge in [-0.05, 0) is 31.5 Å². The highest BCUT2D eigenvalue weighted by Gasteiger charge is 2.24. The van der Waals surface area contributed by atoms with Crippen molar-refractivity contribution >= 4 is 17.2 Å². The van der Waals surface area contributed by atoms with Crippen molar-refractivity contribution in [2.45, 2.75) is 26.0 Å². The van der Waals surface area contributed by atoms with Crippen molar-refractivity contribution in [3.8, 4) is 0 Å². The summed E-state index contributed by atoms with van der Waals surface area (Å²) in [6.45, 7) is 7.97. The van der Waals surface area contributed by atoms with Crippen LogP contribution in [-0.4, -0.2) is 68.7 Å². The summed E-state index contributed by atoms with van der Waals surface area (Å²) in [5, 5.41) is 5.26. The Hall–Kier alpha value is -0.950. The van der Waals surface area contributed by atoms with E-state index in [4.69, 9.17) is 4.74 Å². The van der Waals surface area contributed by atoms with Crippen LogP contribution >= 0.6 is 11.3 Å². The first-order valence-corrected chi connectivity index (χ1v) is 9.15. The molecule has 1 N–H and O–H groups in total. The van der Waals surface area contributed by atoms with Gasteiger partial charge in [-0.15, -0.1) is 11.3 Å². The van der Waals surface area contributed by atoms with Gasteiger partial charge in [0.25, 0.3) is 0 Å². The standard InChI is InChI=1S/C17H29N3O2S/c1-13(2)17(15-6-5-9-23-15)18-16(21)12-20-7-8-22-14(11-20)10-19(3)4/h5-6,9,13-14,17H,7-8,10-12H2,1-4H3,(H,18,21)/t14-,17+/m1/s1. The minimum atomic E-state index is 0.0983. The van der Waals surface area contributed by atoms with Crippen LogP contribution in [0.25, 0.3) is 0 Å². The van der Waals surface area contributed by atoms with Gasteiger partial charge >= 0.3 is 0 Å². The lowest BCUT2D eigenvalue weighted by Crippen LogP contribution is -2.50. The Bertz CT molecular complexity index is 476. The summed E-state index contributed by atoms with van der Waals surface area (Å²) < 4.78 is 5.77. The molecule has 0 radical (unpaired) electrons. The summed E-state index contributed by atoms with van der Waals surface area (Å²) in [5.41, 5.74) is 0. The van der Waals surface area contributed by atoms with Crippen molar-refractivity contribution in [2.24, 2.45) is 5.92 Å². The summed E-state index contributed by atoms with van der Waals surface area (Å²) in [6, 6.07) is 4.23. The fraction of sp³-hybridized carbons (Fsp3) is 0.706. The summed E-state index contributed by atoms with van der Waals surface area (Å²) in [6.07, 6.45) is 0.185. The number of nitrogens with one attached hydrogen (secondary N) is 1. The Morgan fingerprint density at radius 1 is 1.52 bits per heavy atom. The van der Waals surface area contributed by atoms with E-state index in [1.54, 1.807) is 11.3 Å². The molecule has 1 aromatic heterocycles. The molecule has 0 unspecified atom stereocenters. The van der Waals surface area contributed by atoms with E-state index in [9.17, 15) is 4.79 Å². The van der Waals surface area contributed by atoms with Gasteiger partial charge in [0, 0.05) is 24.5 Å².